The largest absolute Gasteiger partial charge is 0.293 e. The number of hydrogen-bond donors (Lipinski definition) is 0. The summed E-state index contributed by atoms with van der Waals surface area (Å²) in [6, 6.07) is 11.5. The van der Waals surface area contributed by atoms with Crippen molar-refractivity contribution < 1.29 is 0 Å². The molecule has 0 N–H and O–H groups in total. The van der Waals surface area contributed by atoms with Crippen molar-refractivity contribution in [2.75, 3.05) is 12.9 Å². The SMILES string of the molecule is C[C@@H]1[C@@H](c2ccccc2)SCN1C. The third kappa shape index (κ3) is 1.74. The normalized spacial score (nSPS) is 29.4. The Morgan fingerprint density at radius 2 is 2.00 bits per heavy atom. The lowest BCUT2D eigenvalue weighted by Gasteiger charge is -2.19. The molecule has 1 aliphatic rings. The van der Waals surface area contributed by atoms with Crippen LogP contribution in [0.5, 0.6) is 0 Å². The van der Waals surface area contributed by atoms with E-state index in [1.165, 1.54) is 5.56 Å². The van der Waals surface area contributed by atoms with Crippen LogP contribution in [-0.2, 0) is 0 Å². The maximum atomic E-state index is 2.41. The monoisotopic (exact) mass is 193 g/mol. The Bertz CT molecular complexity index is 273. The summed E-state index contributed by atoms with van der Waals surface area (Å²) in [5.41, 5.74) is 1.46. The van der Waals surface area contributed by atoms with Crippen molar-refractivity contribution in [3.05, 3.63) is 35.9 Å². The first-order valence-corrected chi connectivity index (χ1v) is 5.70. The molecule has 0 amide bonds. The van der Waals surface area contributed by atoms with Gasteiger partial charge >= 0.3 is 0 Å². The molecule has 2 heteroatoms. The molecule has 0 spiro atoms. The minimum absolute atomic E-state index is 0.659. The Morgan fingerprint density at radius 3 is 2.54 bits per heavy atom. The predicted molar refractivity (Wildman–Crippen MR) is 58.9 cm³/mol. The fourth-order valence-electron chi connectivity index (χ4n) is 1.70. The van der Waals surface area contributed by atoms with Crippen LogP contribution in [0.25, 0.3) is 0 Å². The summed E-state index contributed by atoms with van der Waals surface area (Å²) in [6.45, 7) is 2.30. The Kier molecular flexibility index (Phi) is 2.61. The standard InChI is InChI=1S/C11H15NS/c1-9-11(13-8-12(9)2)10-6-4-3-5-7-10/h3-7,9,11H,8H2,1-2H3/t9-,11+/m1/s1. The summed E-state index contributed by atoms with van der Waals surface area (Å²) < 4.78 is 0. The molecule has 0 saturated carbocycles. The van der Waals surface area contributed by atoms with E-state index in [9.17, 15) is 0 Å². The van der Waals surface area contributed by atoms with Crippen LogP contribution in [0.3, 0.4) is 0 Å². The lowest BCUT2D eigenvalue weighted by Crippen LogP contribution is -2.24. The summed E-state index contributed by atoms with van der Waals surface area (Å²) in [5, 5.41) is 0.659. The first kappa shape index (κ1) is 9.10. The average Bonchev–Trinajstić information content (AvgIpc) is 2.49. The van der Waals surface area contributed by atoms with Crippen molar-refractivity contribution in [1.82, 2.24) is 4.90 Å². The Balaban J connectivity index is 2.19. The van der Waals surface area contributed by atoms with Crippen LogP contribution < -0.4 is 0 Å². The second kappa shape index (κ2) is 3.72. The molecular formula is C11H15NS. The molecule has 0 bridgehead atoms. The number of likely N-dealkylation sites (N-methyl/N-ethyl adjacent to an activating group) is 1. The summed E-state index contributed by atoms with van der Waals surface area (Å²) in [7, 11) is 2.20. The van der Waals surface area contributed by atoms with Crippen LogP contribution in [0, 0.1) is 0 Å². The van der Waals surface area contributed by atoms with Gasteiger partial charge in [0.2, 0.25) is 0 Å². The number of benzene rings is 1. The van der Waals surface area contributed by atoms with Crippen LogP contribution in [-0.4, -0.2) is 23.9 Å². The Labute approximate surface area is 84.1 Å². The maximum absolute atomic E-state index is 2.41. The van der Waals surface area contributed by atoms with Crippen LogP contribution in [0.15, 0.2) is 30.3 Å². The molecular weight excluding hydrogens is 178 g/mol. The van der Waals surface area contributed by atoms with Gasteiger partial charge in [0.25, 0.3) is 0 Å². The van der Waals surface area contributed by atoms with Crippen molar-refractivity contribution in [2.24, 2.45) is 0 Å². The molecule has 0 radical (unpaired) electrons. The maximum Gasteiger partial charge on any atom is 0.0463 e. The van der Waals surface area contributed by atoms with Gasteiger partial charge in [0.1, 0.15) is 0 Å². The molecule has 13 heavy (non-hydrogen) atoms. The lowest BCUT2D eigenvalue weighted by atomic mass is 10.1. The van der Waals surface area contributed by atoms with Gasteiger partial charge in [-0.3, -0.25) is 4.90 Å². The Hall–Kier alpha value is -0.470. The van der Waals surface area contributed by atoms with E-state index in [1.807, 2.05) is 11.8 Å². The molecule has 1 saturated heterocycles. The van der Waals surface area contributed by atoms with Crippen LogP contribution in [0.2, 0.25) is 0 Å². The molecule has 0 unspecified atom stereocenters. The molecule has 0 aromatic heterocycles. The second-order valence-corrected chi connectivity index (χ2v) is 4.72. The van der Waals surface area contributed by atoms with Gasteiger partial charge < -0.3 is 0 Å². The molecule has 70 valence electrons. The highest BCUT2D eigenvalue weighted by Crippen LogP contribution is 2.40. The van der Waals surface area contributed by atoms with Gasteiger partial charge in [0.05, 0.1) is 0 Å². The van der Waals surface area contributed by atoms with E-state index in [4.69, 9.17) is 0 Å². The molecule has 2 atom stereocenters. The summed E-state index contributed by atoms with van der Waals surface area (Å²) in [5.74, 6) is 1.15. The number of rotatable bonds is 1. The number of thioether (sulfide) groups is 1. The van der Waals surface area contributed by atoms with E-state index >= 15 is 0 Å². The van der Waals surface area contributed by atoms with Crippen molar-refractivity contribution in [3.8, 4) is 0 Å². The molecule has 1 nitrogen and oxygen atoms in total. The Morgan fingerprint density at radius 1 is 1.31 bits per heavy atom. The van der Waals surface area contributed by atoms with E-state index in [-0.39, 0.29) is 0 Å². The highest BCUT2D eigenvalue weighted by Gasteiger charge is 2.29. The molecule has 1 aromatic carbocycles. The molecule has 1 aromatic rings. The fraction of sp³-hybridized carbons (Fsp3) is 0.455. The van der Waals surface area contributed by atoms with E-state index < -0.39 is 0 Å². The minimum atomic E-state index is 0.659. The smallest absolute Gasteiger partial charge is 0.0463 e. The summed E-state index contributed by atoms with van der Waals surface area (Å²) in [6.07, 6.45) is 0. The third-order valence-electron chi connectivity index (χ3n) is 2.72. The molecule has 0 aliphatic carbocycles. The topological polar surface area (TPSA) is 3.24 Å². The number of hydrogen-bond acceptors (Lipinski definition) is 2. The van der Waals surface area contributed by atoms with Crippen LogP contribution >= 0.6 is 11.8 Å². The van der Waals surface area contributed by atoms with Crippen molar-refractivity contribution >= 4 is 11.8 Å². The van der Waals surface area contributed by atoms with Gasteiger partial charge in [0, 0.05) is 17.2 Å². The second-order valence-electron chi connectivity index (χ2n) is 3.62. The van der Waals surface area contributed by atoms with Gasteiger partial charge in [-0.2, -0.15) is 0 Å². The first-order valence-electron chi connectivity index (χ1n) is 4.66. The van der Waals surface area contributed by atoms with E-state index in [2.05, 4.69) is 49.2 Å². The number of nitrogens with zero attached hydrogens (tertiary/aromatic N) is 1. The van der Waals surface area contributed by atoms with Crippen LogP contribution in [0.4, 0.5) is 0 Å². The van der Waals surface area contributed by atoms with Crippen molar-refractivity contribution in [2.45, 2.75) is 18.2 Å². The van der Waals surface area contributed by atoms with Gasteiger partial charge in [-0.05, 0) is 19.5 Å². The zero-order chi connectivity index (χ0) is 9.26. The molecule has 1 aliphatic heterocycles. The van der Waals surface area contributed by atoms with Crippen molar-refractivity contribution in [1.29, 1.82) is 0 Å². The molecule has 1 heterocycles. The molecule has 1 fully saturated rings. The van der Waals surface area contributed by atoms with Gasteiger partial charge in [0.15, 0.2) is 0 Å². The van der Waals surface area contributed by atoms with E-state index in [1.54, 1.807) is 0 Å². The third-order valence-corrected chi connectivity index (χ3v) is 4.30. The fourth-order valence-corrected chi connectivity index (χ4v) is 3.17. The van der Waals surface area contributed by atoms with Gasteiger partial charge in [-0.25, -0.2) is 0 Å². The van der Waals surface area contributed by atoms with Crippen molar-refractivity contribution in [3.63, 3.8) is 0 Å². The highest BCUT2D eigenvalue weighted by atomic mass is 32.2. The lowest BCUT2D eigenvalue weighted by molar-refractivity contribution is 0.318. The summed E-state index contributed by atoms with van der Waals surface area (Å²) >= 11 is 2.04. The minimum Gasteiger partial charge on any atom is -0.293 e. The zero-order valence-electron chi connectivity index (χ0n) is 8.10. The summed E-state index contributed by atoms with van der Waals surface area (Å²) in [4.78, 5) is 2.41. The average molecular weight is 193 g/mol. The highest BCUT2D eigenvalue weighted by molar-refractivity contribution is 7.99. The van der Waals surface area contributed by atoms with Gasteiger partial charge in [-0.15, -0.1) is 11.8 Å². The zero-order valence-corrected chi connectivity index (χ0v) is 8.92. The predicted octanol–water partition coefficient (Wildman–Crippen LogP) is 2.75. The van der Waals surface area contributed by atoms with E-state index in [0.717, 1.165) is 5.88 Å². The van der Waals surface area contributed by atoms with E-state index in [0.29, 0.717) is 11.3 Å². The van der Waals surface area contributed by atoms with Gasteiger partial charge in [-0.1, -0.05) is 30.3 Å². The van der Waals surface area contributed by atoms with Crippen LogP contribution in [0.1, 0.15) is 17.7 Å². The quantitative estimate of drug-likeness (QED) is 0.674. The molecule has 2 rings (SSSR count). The first-order chi connectivity index (χ1) is 6.29.